The molecule has 1 aliphatic heterocycles. The van der Waals surface area contributed by atoms with E-state index in [-0.39, 0.29) is 23.5 Å². The Kier molecular flexibility index (Phi) is 6.73. The van der Waals surface area contributed by atoms with Crippen LogP contribution in [0, 0.1) is 5.82 Å². The van der Waals surface area contributed by atoms with Crippen LogP contribution in [0.15, 0.2) is 48.9 Å². The van der Waals surface area contributed by atoms with Crippen LogP contribution in [0.2, 0.25) is 0 Å². The molecule has 7 nitrogen and oxygen atoms in total. The van der Waals surface area contributed by atoms with Crippen LogP contribution in [0.4, 0.5) is 23.2 Å². The fraction of sp³-hybridized carbons (Fsp3) is 0.304. The van der Waals surface area contributed by atoms with Gasteiger partial charge >= 0.3 is 6.18 Å². The Morgan fingerprint density at radius 2 is 1.79 bits per heavy atom. The molecule has 0 spiro atoms. The fourth-order valence-electron chi connectivity index (χ4n) is 3.56. The van der Waals surface area contributed by atoms with E-state index in [1.54, 1.807) is 12.3 Å². The Bertz CT molecular complexity index is 1160. The van der Waals surface area contributed by atoms with Crippen molar-refractivity contribution in [3.63, 3.8) is 0 Å². The van der Waals surface area contributed by atoms with Gasteiger partial charge < -0.3 is 15.1 Å². The number of pyridine rings is 3. The Morgan fingerprint density at radius 1 is 1.03 bits per heavy atom. The predicted octanol–water partition coefficient (Wildman–Crippen LogP) is 3.38. The molecule has 0 saturated carbocycles. The number of alkyl halides is 3. The average molecular weight is 474 g/mol. The Labute approximate surface area is 193 Å². The van der Waals surface area contributed by atoms with Gasteiger partial charge in [0.25, 0.3) is 5.91 Å². The van der Waals surface area contributed by atoms with Crippen LogP contribution in [-0.2, 0) is 12.7 Å². The molecule has 178 valence electrons. The number of halogens is 4. The van der Waals surface area contributed by atoms with Crippen molar-refractivity contribution >= 4 is 11.6 Å². The lowest BCUT2D eigenvalue weighted by molar-refractivity contribution is -0.141. The maximum absolute atomic E-state index is 14.6. The fourth-order valence-corrected chi connectivity index (χ4v) is 3.56. The van der Waals surface area contributed by atoms with Crippen molar-refractivity contribution in [2.24, 2.45) is 0 Å². The van der Waals surface area contributed by atoms with E-state index in [1.807, 2.05) is 6.07 Å². The number of piperazine rings is 1. The van der Waals surface area contributed by atoms with Crippen LogP contribution < -0.4 is 10.2 Å². The molecular weight excluding hydrogens is 452 g/mol. The molecular formula is C23H22F4N6O. The van der Waals surface area contributed by atoms with Crippen LogP contribution in [0.3, 0.4) is 0 Å². The SMILES string of the molecule is CN1CCN(c2ccc(C(=O)NCc3cnc(-c4ccnc(C(F)(F)F)c4)c(F)c3)nc2)CC1. The zero-order valence-corrected chi connectivity index (χ0v) is 18.3. The van der Waals surface area contributed by atoms with Crippen molar-refractivity contribution in [1.29, 1.82) is 0 Å². The van der Waals surface area contributed by atoms with Crippen molar-refractivity contribution < 1.29 is 22.4 Å². The van der Waals surface area contributed by atoms with Gasteiger partial charge in [-0.25, -0.2) is 9.37 Å². The normalized spacial score (nSPS) is 14.8. The van der Waals surface area contributed by atoms with Gasteiger partial charge in [-0.05, 0) is 42.9 Å². The molecule has 0 atom stereocenters. The van der Waals surface area contributed by atoms with E-state index in [9.17, 15) is 22.4 Å². The molecule has 1 aliphatic rings. The van der Waals surface area contributed by atoms with Gasteiger partial charge in [0.1, 0.15) is 22.9 Å². The maximum Gasteiger partial charge on any atom is 0.433 e. The molecule has 1 saturated heterocycles. The lowest BCUT2D eigenvalue weighted by Crippen LogP contribution is -2.44. The van der Waals surface area contributed by atoms with Crippen LogP contribution in [0.1, 0.15) is 21.7 Å². The van der Waals surface area contributed by atoms with Crippen molar-refractivity contribution in [2.45, 2.75) is 12.7 Å². The molecule has 0 bridgehead atoms. The molecule has 0 unspecified atom stereocenters. The Hall–Kier alpha value is -3.60. The zero-order valence-electron chi connectivity index (χ0n) is 18.3. The summed E-state index contributed by atoms with van der Waals surface area (Å²) in [6.07, 6.45) is -0.737. The number of amides is 1. The third kappa shape index (κ3) is 5.48. The van der Waals surface area contributed by atoms with Gasteiger partial charge in [0.15, 0.2) is 0 Å². The number of aromatic nitrogens is 3. The van der Waals surface area contributed by atoms with Crippen molar-refractivity contribution in [3.8, 4) is 11.3 Å². The summed E-state index contributed by atoms with van der Waals surface area (Å²) >= 11 is 0. The third-order valence-electron chi connectivity index (χ3n) is 5.52. The first kappa shape index (κ1) is 23.6. The number of likely N-dealkylation sites (N-methyl/N-ethyl adjacent to an activating group) is 1. The predicted molar refractivity (Wildman–Crippen MR) is 118 cm³/mol. The molecule has 4 rings (SSSR count). The lowest BCUT2D eigenvalue weighted by atomic mass is 10.1. The van der Waals surface area contributed by atoms with Crippen molar-refractivity contribution in [1.82, 2.24) is 25.2 Å². The first-order valence-corrected chi connectivity index (χ1v) is 10.6. The highest BCUT2D eigenvalue weighted by Crippen LogP contribution is 2.30. The van der Waals surface area contributed by atoms with E-state index in [0.29, 0.717) is 5.56 Å². The van der Waals surface area contributed by atoms with E-state index in [1.165, 1.54) is 12.3 Å². The monoisotopic (exact) mass is 474 g/mol. The number of nitrogens with zero attached hydrogens (tertiary/aromatic N) is 5. The molecule has 11 heteroatoms. The largest absolute Gasteiger partial charge is 0.433 e. The molecule has 4 heterocycles. The number of hydrogen-bond acceptors (Lipinski definition) is 6. The highest BCUT2D eigenvalue weighted by molar-refractivity contribution is 5.92. The number of carbonyl (C=O) groups excluding carboxylic acids is 1. The van der Waals surface area contributed by atoms with E-state index >= 15 is 0 Å². The molecule has 34 heavy (non-hydrogen) atoms. The second-order valence-electron chi connectivity index (χ2n) is 7.98. The lowest BCUT2D eigenvalue weighted by Gasteiger charge is -2.33. The zero-order chi connectivity index (χ0) is 24.3. The van der Waals surface area contributed by atoms with Gasteiger partial charge in [-0.3, -0.25) is 14.8 Å². The van der Waals surface area contributed by atoms with Crippen LogP contribution in [0.5, 0.6) is 0 Å². The van der Waals surface area contributed by atoms with Gasteiger partial charge in [-0.2, -0.15) is 13.2 Å². The summed E-state index contributed by atoms with van der Waals surface area (Å²) in [6.45, 7) is 3.66. The summed E-state index contributed by atoms with van der Waals surface area (Å²) in [5.74, 6) is -1.24. The molecule has 0 aromatic carbocycles. The average Bonchev–Trinajstić information content (AvgIpc) is 2.83. The summed E-state index contributed by atoms with van der Waals surface area (Å²) in [7, 11) is 2.07. The minimum Gasteiger partial charge on any atom is -0.368 e. The van der Waals surface area contributed by atoms with E-state index in [0.717, 1.165) is 50.2 Å². The first-order valence-electron chi connectivity index (χ1n) is 10.6. The highest BCUT2D eigenvalue weighted by atomic mass is 19.4. The molecule has 3 aromatic heterocycles. The number of hydrogen-bond donors (Lipinski definition) is 1. The van der Waals surface area contributed by atoms with E-state index < -0.39 is 23.6 Å². The first-order chi connectivity index (χ1) is 16.2. The number of anilines is 1. The number of rotatable bonds is 5. The smallest absolute Gasteiger partial charge is 0.368 e. The molecule has 0 aliphatic carbocycles. The second-order valence-corrected chi connectivity index (χ2v) is 7.98. The standard InChI is InChI=1S/C23H22F4N6O/c1-32-6-8-33(9-7-32)17-2-3-19(29-14-17)22(34)31-13-15-10-18(24)21(30-12-15)16-4-5-28-20(11-16)23(25,26)27/h2-5,10-12,14H,6-9,13H2,1H3,(H,31,34). The Morgan fingerprint density at radius 3 is 2.44 bits per heavy atom. The van der Waals surface area contributed by atoms with Crippen molar-refractivity contribution in [2.75, 3.05) is 38.1 Å². The molecule has 3 aromatic rings. The molecule has 1 N–H and O–H groups in total. The van der Waals surface area contributed by atoms with Gasteiger partial charge in [-0.15, -0.1) is 0 Å². The topological polar surface area (TPSA) is 74.2 Å². The maximum atomic E-state index is 14.6. The molecule has 1 amide bonds. The number of carbonyl (C=O) groups is 1. The highest BCUT2D eigenvalue weighted by Gasteiger charge is 2.32. The quantitative estimate of drug-likeness (QED) is 0.572. The van der Waals surface area contributed by atoms with Crippen LogP contribution >= 0.6 is 0 Å². The Balaban J connectivity index is 1.38. The summed E-state index contributed by atoms with van der Waals surface area (Å²) in [6, 6.07) is 6.59. The van der Waals surface area contributed by atoms with E-state index in [2.05, 4.69) is 37.1 Å². The van der Waals surface area contributed by atoms with Gasteiger partial charge in [0.2, 0.25) is 0 Å². The van der Waals surface area contributed by atoms with Gasteiger partial charge in [-0.1, -0.05) is 0 Å². The minimum absolute atomic E-state index is 0.0188. The molecule has 1 fully saturated rings. The summed E-state index contributed by atoms with van der Waals surface area (Å²) in [5, 5.41) is 2.65. The number of nitrogens with one attached hydrogen (secondary N) is 1. The second kappa shape index (κ2) is 9.72. The van der Waals surface area contributed by atoms with Gasteiger partial charge in [0, 0.05) is 50.7 Å². The third-order valence-corrected chi connectivity index (χ3v) is 5.52. The summed E-state index contributed by atoms with van der Waals surface area (Å²) in [5.41, 5.74) is 0.113. The summed E-state index contributed by atoms with van der Waals surface area (Å²) < 4.78 is 53.2. The summed E-state index contributed by atoms with van der Waals surface area (Å²) in [4.78, 5) is 28.3. The molecule has 0 radical (unpaired) electrons. The van der Waals surface area contributed by atoms with Crippen molar-refractivity contribution in [3.05, 3.63) is 71.7 Å². The van der Waals surface area contributed by atoms with Gasteiger partial charge in [0.05, 0.1) is 11.9 Å². The van der Waals surface area contributed by atoms with Crippen LogP contribution in [0.25, 0.3) is 11.3 Å². The van der Waals surface area contributed by atoms with Crippen LogP contribution in [-0.4, -0.2) is 59.0 Å². The van der Waals surface area contributed by atoms with E-state index in [4.69, 9.17) is 0 Å². The minimum atomic E-state index is -4.65.